The van der Waals surface area contributed by atoms with Crippen LogP contribution in [0.3, 0.4) is 0 Å². The smallest absolute Gasteiger partial charge is 0.0708 e. The van der Waals surface area contributed by atoms with Crippen LogP contribution in [0.2, 0.25) is 5.02 Å². The van der Waals surface area contributed by atoms with Crippen LogP contribution in [0.4, 0.5) is 0 Å². The predicted molar refractivity (Wildman–Crippen MR) is 129 cm³/mol. The second-order valence-electron chi connectivity index (χ2n) is 7.40. The minimum atomic E-state index is 0.450. The van der Waals surface area contributed by atoms with E-state index in [1.165, 1.54) is 0 Å². The van der Waals surface area contributed by atoms with Crippen molar-refractivity contribution < 1.29 is 0 Å². The second kappa shape index (κ2) is 10.1. The highest BCUT2D eigenvalue weighted by atomic mass is 35.5. The summed E-state index contributed by atoms with van der Waals surface area (Å²) < 4.78 is 0. The third kappa shape index (κ3) is 5.74. The minimum Gasteiger partial charge on any atom is -0.300 e. The number of nitrogens with one attached hydrogen (secondary N) is 1. The number of pyridine rings is 1. The third-order valence-electron chi connectivity index (χ3n) is 4.92. The first-order chi connectivity index (χ1) is 14.4. The van der Waals surface area contributed by atoms with Crippen LogP contribution in [0.25, 0.3) is 5.57 Å². The van der Waals surface area contributed by atoms with E-state index in [2.05, 4.69) is 23.2 Å². The van der Waals surface area contributed by atoms with Crippen LogP contribution in [-0.4, -0.2) is 16.4 Å². The van der Waals surface area contributed by atoms with Crippen LogP contribution in [0.15, 0.2) is 89.2 Å². The maximum Gasteiger partial charge on any atom is 0.0708 e. The second-order valence-corrected chi connectivity index (χ2v) is 7.84. The molecule has 1 aliphatic rings. The lowest BCUT2D eigenvalue weighted by atomic mass is 9.92. The lowest BCUT2D eigenvalue weighted by Gasteiger charge is -2.13. The van der Waals surface area contributed by atoms with Gasteiger partial charge in [-0.2, -0.15) is 0 Å². The van der Waals surface area contributed by atoms with Gasteiger partial charge in [0.2, 0.25) is 0 Å². The summed E-state index contributed by atoms with van der Waals surface area (Å²) in [4.78, 5) is 9.05. The lowest BCUT2D eigenvalue weighted by molar-refractivity contribution is 1.14. The summed E-state index contributed by atoms with van der Waals surface area (Å²) in [5.41, 5.74) is 7.21. The number of nitrogens with zero attached hydrogens (tertiary/aromatic N) is 2. The third-order valence-corrected chi connectivity index (χ3v) is 5.18. The first-order valence-electron chi connectivity index (χ1n) is 9.98. The summed E-state index contributed by atoms with van der Waals surface area (Å²) in [7, 11) is 0. The predicted octanol–water partition coefficient (Wildman–Crippen LogP) is 6.94. The highest BCUT2D eigenvalue weighted by Crippen LogP contribution is 2.26. The summed E-state index contributed by atoms with van der Waals surface area (Å²) in [6, 6.07) is 11.6. The molecule has 0 saturated carbocycles. The van der Waals surface area contributed by atoms with Crippen molar-refractivity contribution in [3.8, 4) is 0 Å². The fourth-order valence-corrected chi connectivity index (χ4v) is 3.31. The van der Waals surface area contributed by atoms with Crippen molar-refractivity contribution in [1.82, 2.24) is 4.98 Å². The molecule has 2 aromatic rings. The van der Waals surface area contributed by atoms with Gasteiger partial charge in [-0.3, -0.25) is 15.4 Å². The SMILES string of the molecule is CC1=CCC=CC=C1C(=N)/C(=C\N=C(C)Cc1ccc(C)nc1)c1ccc(Cl)cc1. The molecule has 0 unspecified atom stereocenters. The summed E-state index contributed by atoms with van der Waals surface area (Å²) in [5, 5.41) is 9.59. The Morgan fingerprint density at radius 3 is 2.63 bits per heavy atom. The van der Waals surface area contributed by atoms with Gasteiger partial charge in [-0.1, -0.05) is 54.1 Å². The molecule has 1 aliphatic carbocycles. The fraction of sp³-hybridized carbons (Fsp3) is 0.192. The van der Waals surface area contributed by atoms with E-state index in [1.807, 2.05) is 69.5 Å². The van der Waals surface area contributed by atoms with Gasteiger partial charge in [-0.05, 0) is 62.1 Å². The van der Waals surface area contributed by atoms with Crippen molar-refractivity contribution in [3.63, 3.8) is 0 Å². The van der Waals surface area contributed by atoms with E-state index in [-0.39, 0.29) is 0 Å². The average Bonchev–Trinajstić information content (AvgIpc) is 2.95. The van der Waals surface area contributed by atoms with Crippen LogP contribution in [-0.2, 0) is 6.42 Å². The molecule has 4 heteroatoms. The van der Waals surface area contributed by atoms with Crippen LogP contribution >= 0.6 is 11.6 Å². The molecule has 0 spiro atoms. The molecule has 152 valence electrons. The fourth-order valence-electron chi connectivity index (χ4n) is 3.19. The summed E-state index contributed by atoms with van der Waals surface area (Å²) >= 11 is 6.08. The minimum absolute atomic E-state index is 0.450. The van der Waals surface area contributed by atoms with Crippen molar-refractivity contribution in [1.29, 1.82) is 5.41 Å². The van der Waals surface area contributed by atoms with Gasteiger partial charge in [0.05, 0.1) is 5.71 Å². The van der Waals surface area contributed by atoms with Gasteiger partial charge in [0.15, 0.2) is 0 Å². The molecular weight excluding hydrogens is 390 g/mol. The molecule has 1 N–H and O–H groups in total. The van der Waals surface area contributed by atoms with Gasteiger partial charge in [-0.25, -0.2) is 0 Å². The molecule has 30 heavy (non-hydrogen) atoms. The number of aromatic nitrogens is 1. The van der Waals surface area contributed by atoms with Gasteiger partial charge in [0, 0.05) is 46.4 Å². The lowest BCUT2D eigenvalue weighted by Crippen LogP contribution is -2.06. The van der Waals surface area contributed by atoms with Crippen LogP contribution < -0.4 is 0 Å². The Morgan fingerprint density at radius 1 is 1.17 bits per heavy atom. The highest BCUT2D eigenvalue weighted by Gasteiger charge is 2.15. The summed E-state index contributed by atoms with van der Waals surface area (Å²) in [6.07, 6.45) is 13.5. The van der Waals surface area contributed by atoms with E-state index in [0.29, 0.717) is 10.7 Å². The first kappa shape index (κ1) is 21.7. The molecule has 1 aromatic carbocycles. The first-order valence-corrected chi connectivity index (χ1v) is 10.4. The molecule has 0 bridgehead atoms. The molecule has 0 saturated heterocycles. The van der Waals surface area contributed by atoms with E-state index in [4.69, 9.17) is 22.0 Å². The van der Waals surface area contributed by atoms with Crippen molar-refractivity contribution >= 4 is 28.6 Å². The number of allylic oxidation sites excluding steroid dienone is 7. The normalized spacial score (nSPS) is 14.8. The Morgan fingerprint density at radius 2 is 1.93 bits per heavy atom. The molecule has 0 radical (unpaired) electrons. The van der Waals surface area contributed by atoms with Crippen molar-refractivity contribution in [2.24, 2.45) is 4.99 Å². The molecule has 0 amide bonds. The average molecular weight is 416 g/mol. The van der Waals surface area contributed by atoms with Crippen molar-refractivity contribution in [2.45, 2.75) is 33.6 Å². The van der Waals surface area contributed by atoms with Gasteiger partial charge < -0.3 is 0 Å². The number of halogens is 1. The van der Waals surface area contributed by atoms with E-state index < -0.39 is 0 Å². The Kier molecular flexibility index (Phi) is 7.31. The van der Waals surface area contributed by atoms with Crippen molar-refractivity contribution in [3.05, 3.63) is 106 Å². The van der Waals surface area contributed by atoms with Gasteiger partial charge in [-0.15, -0.1) is 0 Å². The number of aliphatic imine (C=N–C) groups is 1. The van der Waals surface area contributed by atoms with Crippen LogP contribution in [0.5, 0.6) is 0 Å². The Balaban J connectivity index is 1.95. The summed E-state index contributed by atoms with van der Waals surface area (Å²) in [5.74, 6) is 0. The number of hydrogen-bond donors (Lipinski definition) is 1. The Hall–Kier alpha value is -3.04. The number of rotatable bonds is 6. The largest absolute Gasteiger partial charge is 0.300 e. The zero-order valence-electron chi connectivity index (χ0n) is 17.6. The zero-order valence-corrected chi connectivity index (χ0v) is 18.4. The zero-order chi connectivity index (χ0) is 21.5. The molecule has 3 nitrogen and oxygen atoms in total. The standard InChI is InChI=1S/C26H26ClN3/c1-18-7-5-4-6-8-24(18)26(28)25(22-11-13-23(27)14-12-22)17-30-20(3)15-21-10-9-19(2)29-16-21/h4,6-14,16-17,28H,5,15H2,1-3H3/b25-17-,28-26?,30-20?. The molecule has 0 fully saturated rings. The quantitative estimate of drug-likeness (QED) is 0.510. The van der Waals surface area contributed by atoms with Gasteiger partial charge >= 0.3 is 0 Å². The summed E-state index contributed by atoms with van der Waals surface area (Å²) in [6.45, 7) is 6.02. The molecule has 1 aromatic heterocycles. The molecule has 1 heterocycles. The maximum absolute atomic E-state index is 8.92. The Bertz CT molecular complexity index is 1070. The van der Waals surface area contributed by atoms with Crippen molar-refractivity contribution in [2.75, 3.05) is 0 Å². The topological polar surface area (TPSA) is 49.1 Å². The monoisotopic (exact) mass is 415 g/mol. The number of benzene rings is 1. The van der Waals surface area contributed by atoms with E-state index in [9.17, 15) is 0 Å². The van der Waals surface area contributed by atoms with Crippen LogP contribution in [0, 0.1) is 12.3 Å². The number of hydrogen-bond acceptors (Lipinski definition) is 3. The van der Waals surface area contributed by atoms with Gasteiger partial charge in [0.25, 0.3) is 0 Å². The maximum atomic E-state index is 8.92. The Labute approximate surface area is 183 Å². The van der Waals surface area contributed by atoms with E-state index in [1.54, 1.807) is 6.20 Å². The molecular formula is C26H26ClN3. The molecule has 0 atom stereocenters. The van der Waals surface area contributed by atoms with Gasteiger partial charge in [0.1, 0.15) is 0 Å². The van der Waals surface area contributed by atoms with E-state index >= 15 is 0 Å². The highest BCUT2D eigenvalue weighted by molar-refractivity contribution is 6.33. The molecule has 0 aliphatic heterocycles. The number of aryl methyl sites for hydroxylation is 1. The van der Waals surface area contributed by atoms with Crippen LogP contribution in [0.1, 0.15) is 37.1 Å². The molecule has 3 rings (SSSR count). The van der Waals surface area contributed by atoms with E-state index in [0.717, 1.165) is 52.1 Å².